The van der Waals surface area contributed by atoms with E-state index in [1.165, 1.54) is 0 Å². The Morgan fingerprint density at radius 3 is 2.08 bits per heavy atom. The average molecular weight is 495 g/mol. The zero-order chi connectivity index (χ0) is 25.9. The quantitative estimate of drug-likeness (QED) is 0.585. The maximum absolute atomic E-state index is 12.8. The van der Waals surface area contributed by atoms with E-state index >= 15 is 0 Å². The summed E-state index contributed by atoms with van der Waals surface area (Å²) in [5.41, 5.74) is 3.93. The van der Waals surface area contributed by atoms with Gasteiger partial charge in [-0.25, -0.2) is 9.59 Å². The van der Waals surface area contributed by atoms with Gasteiger partial charge in [-0.05, 0) is 61.8 Å². The van der Waals surface area contributed by atoms with Gasteiger partial charge in [0.1, 0.15) is 12.2 Å². The minimum absolute atomic E-state index is 0.0712. The number of carboxylic acids is 1. The monoisotopic (exact) mass is 494 g/mol. The second-order valence-corrected chi connectivity index (χ2v) is 10.5. The Morgan fingerprint density at radius 1 is 1.00 bits per heavy atom. The van der Waals surface area contributed by atoms with Gasteiger partial charge in [0, 0.05) is 25.0 Å². The summed E-state index contributed by atoms with van der Waals surface area (Å²) in [6, 6.07) is 15.6. The van der Waals surface area contributed by atoms with Gasteiger partial charge in [-0.1, -0.05) is 48.5 Å². The van der Waals surface area contributed by atoms with E-state index in [0.29, 0.717) is 25.9 Å². The lowest BCUT2D eigenvalue weighted by Gasteiger charge is -2.36. The second kappa shape index (κ2) is 10.6. The van der Waals surface area contributed by atoms with Crippen molar-refractivity contribution in [3.63, 3.8) is 0 Å². The molecule has 1 heterocycles. The van der Waals surface area contributed by atoms with Gasteiger partial charge in [0.25, 0.3) is 0 Å². The summed E-state index contributed by atoms with van der Waals surface area (Å²) in [7, 11) is 0. The molecule has 1 saturated heterocycles. The molecule has 0 radical (unpaired) electrons. The van der Waals surface area contributed by atoms with E-state index in [1.807, 2.05) is 57.2 Å². The van der Waals surface area contributed by atoms with Crippen molar-refractivity contribution in [1.29, 1.82) is 0 Å². The lowest BCUT2D eigenvalue weighted by Crippen LogP contribution is -2.48. The first-order valence-electron chi connectivity index (χ1n) is 12.4. The summed E-state index contributed by atoms with van der Waals surface area (Å²) >= 11 is 0. The fraction of sp³-hybridized carbons (Fsp3) is 0.464. The molecule has 2 amide bonds. The minimum Gasteiger partial charge on any atom is -0.481 e. The van der Waals surface area contributed by atoms with Crippen LogP contribution in [0.5, 0.6) is 0 Å². The van der Waals surface area contributed by atoms with Gasteiger partial charge >= 0.3 is 18.2 Å². The zero-order valence-corrected chi connectivity index (χ0v) is 21.0. The second-order valence-electron chi connectivity index (χ2n) is 10.5. The van der Waals surface area contributed by atoms with Gasteiger partial charge < -0.3 is 24.8 Å². The van der Waals surface area contributed by atoms with Crippen molar-refractivity contribution in [2.75, 3.05) is 19.7 Å². The van der Waals surface area contributed by atoms with Crippen molar-refractivity contribution in [1.82, 2.24) is 10.2 Å². The van der Waals surface area contributed by atoms with Crippen LogP contribution in [0.25, 0.3) is 11.1 Å². The summed E-state index contributed by atoms with van der Waals surface area (Å²) in [5.74, 6) is -1.15. The maximum atomic E-state index is 12.8. The van der Waals surface area contributed by atoms with Crippen LogP contribution in [0.3, 0.4) is 0 Å². The molecule has 192 valence electrons. The third-order valence-electron chi connectivity index (χ3n) is 6.80. The van der Waals surface area contributed by atoms with E-state index in [1.54, 1.807) is 4.90 Å². The maximum Gasteiger partial charge on any atom is 0.410 e. The number of benzene rings is 2. The van der Waals surface area contributed by atoms with Gasteiger partial charge in [-0.3, -0.25) is 4.79 Å². The Morgan fingerprint density at radius 2 is 1.56 bits per heavy atom. The Balaban J connectivity index is 1.35. The van der Waals surface area contributed by atoms with Crippen LogP contribution in [-0.2, 0) is 14.3 Å². The van der Waals surface area contributed by atoms with Crippen molar-refractivity contribution in [2.45, 2.75) is 57.6 Å². The molecule has 0 aromatic heterocycles. The lowest BCUT2D eigenvalue weighted by molar-refractivity contribution is -0.138. The predicted octanol–water partition coefficient (Wildman–Crippen LogP) is 5.02. The van der Waals surface area contributed by atoms with Crippen LogP contribution in [0.15, 0.2) is 48.5 Å². The topological polar surface area (TPSA) is 105 Å². The molecular weight excluding hydrogens is 460 g/mol. The number of nitrogens with zero attached hydrogens (tertiary/aromatic N) is 1. The molecule has 0 spiro atoms. The highest BCUT2D eigenvalue weighted by Crippen LogP contribution is 2.44. The zero-order valence-electron chi connectivity index (χ0n) is 21.0. The third-order valence-corrected chi connectivity index (χ3v) is 6.80. The summed E-state index contributed by atoms with van der Waals surface area (Å²) in [6.45, 7) is 6.51. The van der Waals surface area contributed by atoms with Gasteiger partial charge in [0.15, 0.2) is 0 Å². The highest BCUT2D eigenvalue weighted by molar-refractivity contribution is 5.79. The number of alkyl carbamates (subject to hydrolysis) is 1. The number of hydrogen-bond acceptors (Lipinski definition) is 5. The minimum atomic E-state index is -0.992. The van der Waals surface area contributed by atoms with E-state index in [0.717, 1.165) is 22.3 Å². The van der Waals surface area contributed by atoms with Crippen LogP contribution >= 0.6 is 0 Å². The van der Waals surface area contributed by atoms with E-state index in [4.69, 9.17) is 9.47 Å². The van der Waals surface area contributed by atoms with Gasteiger partial charge in [-0.15, -0.1) is 0 Å². The molecule has 0 saturated carbocycles. The Labute approximate surface area is 211 Å². The van der Waals surface area contributed by atoms with Crippen LogP contribution < -0.4 is 5.32 Å². The number of carbonyl (C=O) groups excluding carboxylic acids is 2. The Kier molecular flexibility index (Phi) is 7.52. The van der Waals surface area contributed by atoms with Crippen molar-refractivity contribution in [3.05, 3.63) is 59.7 Å². The van der Waals surface area contributed by atoms with Crippen molar-refractivity contribution in [2.24, 2.45) is 5.92 Å². The molecule has 0 bridgehead atoms. The molecule has 1 aliphatic carbocycles. The van der Waals surface area contributed by atoms with E-state index in [2.05, 4.69) is 17.4 Å². The Bertz CT molecular complexity index is 1070. The summed E-state index contributed by atoms with van der Waals surface area (Å²) in [5, 5.41) is 12.2. The highest BCUT2D eigenvalue weighted by Gasteiger charge is 2.34. The summed E-state index contributed by atoms with van der Waals surface area (Å²) in [6.07, 6.45) is -0.0684. The molecule has 36 heavy (non-hydrogen) atoms. The van der Waals surface area contributed by atoms with Crippen molar-refractivity contribution >= 4 is 18.2 Å². The first-order chi connectivity index (χ1) is 17.1. The smallest absolute Gasteiger partial charge is 0.410 e. The molecule has 2 aliphatic rings. The number of fused-ring (bicyclic) bond motifs is 3. The van der Waals surface area contributed by atoms with Crippen LogP contribution in [0, 0.1) is 5.92 Å². The lowest BCUT2D eigenvalue weighted by atomic mass is 9.87. The van der Waals surface area contributed by atoms with Gasteiger partial charge in [-0.2, -0.15) is 0 Å². The molecule has 1 aliphatic heterocycles. The molecular formula is C28H34N2O6. The summed E-state index contributed by atoms with van der Waals surface area (Å²) < 4.78 is 11.1. The molecule has 1 fully saturated rings. The number of amides is 2. The molecule has 1 atom stereocenters. The highest BCUT2D eigenvalue weighted by atomic mass is 16.6. The fourth-order valence-electron chi connectivity index (χ4n) is 5.13. The summed E-state index contributed by atoms with van der Waals surface area (Å²) in [4.78, 5) is 38.3. The standard InChI is InChI=1S/C28H34N2O6/c1-28(2,3)36-27(34)30-14-12-18(13-15-30)24(16-25(31)32)29-26(33)35-17-23-21-10-6-4-8-19(21)20-9-5-7-11-22(20)23/h4-11,18,23-24H,12-17H2,1-3H3,(H,29,33)(H,31,32)/t24-/m1/s1. The molecule has 4 rings (SSSR count). The number of nitrogens with one attached hydrogen (secondary N) is 1. The molecule has 2 aromatic rings. The molecule has 8 nitrogen and oxygen atoms in total. The molecule has 2 aromatic carbocycles. The van der Waals surface area contributed by atoms with Crippen LogP contribution in [0.1, 0.15) is 57.1 Å². The average Bonchev–Trinajstić information content (AvgIpc) is 3.15. The van der Waals surface area contributed by atoms with Gasteiger partial charge in [0.2, 0.25) is 0 Å². The van der Waals surface area contributed by atoms with Crippen LogP contribution in [-0.4, -0.2) is 59.5 Å². The number of aliphatic carboxylic acids is 1. The number of likely N-dealkylation sites (tertiary alicyclic amines) is 1. The van der Waals surface area contributed by atoms with Crippen LogP contribution in [0.4, 0.5) is 9.59 Å². The first-order valence-corrected chi connectivity index (χ1v) is 12.4. The largest absolute Gasteiger partial charge is 0.481 e. The van der Waals surface area contributed by atoms with Crippen molar-refractivity contribution < 1.29 is 29.0 Å². The molecule has 2 N–H and O–H groups in total. The first kappa shape index (κ1) is 25.5. The van der Waals surface area contributed by atoms with Gasteiger partial charge in [0.05, 0.1) is 6.42 Å². The number of carboxylic acid groups (broad SMARTS) is 1. The Hall–Kier alpha value is -3.55. The SMILES string of the molecule is CC(C)(C)OC(=O)N1CCC([C@@H](CC(=O)O)NC(=O)OCC2c3ccccc3-c3ccccc32)CC1. The number of hydrogen-bond donors (Lipinski definition) is 2. The number of rotatable bonds is 6. The van der Waals surface area contributed by atoms with Crippen molar-refractivity contribution in [3.8, 4) is 11.1 Å². The normalized spacial score (nSPS) is 16.6. The molecule has 0 unspecified atom stereocenters. The number of piperidine rings is 1. The number of ether oxygens (including phenoxy) is 2. The van der Waals surface area contributed by atoms with E-state index in [-0.39, 0.29) is 31.0 Å². The predicted molar refractivity (Wildman–Crippen MR) is 135 cm³/mol. The van der Waals surface area contributed by atoms with Crippen LogP contribution in [0.2, 0.25) is 0 Å². The number of carbonyl (C=O) groups is 3. The third kappa shape index (κ3) is 5.98. The molecule has 8 heteroatoms. The fourth-order valence-corrected chi connectivity index (χ4v) is 5.13. The van der Waals surface area contributed by atoms with E-state index < -0.39 is 23.7 Å². The van der Waals surface area contributed by atoms with E-state index in [9.17, 15) is 19.5 Å².